The number of aryl methyl sites for hydroxylation is 1. The van der Waals surface area contributed by atoms with Gasteiger partial charge >= 0.3 is 6.03 Å². The van der Waals surface area contributed by atoms with Gasteiger partial charge in [-0.1, -0.05) is 12.1 Å². The van der Waals surface area contributed by atoms with E-state index in [1.54, 1.807) is 30.5 Å². The fourth-order valence-electron chi connectivity index (χ4n) is 6.19. The molecule has 0 bridgehead atoms. The van der Waals surface area contributed by atoms with Gasteiger partial charge in [-0.2, -0.15) is 0 Å². The first kappa shape index (κ1) is 25.8. The summed E-state index contributed by atoms with van der Waals surface area (Å²) in [5.41, 5.74) is 1.13. The van der Waals surface area contributed by atoms with Gasteiger partial charge in [-0.05, 0) is 47.5 Å². The van der Waals surface area contributed by atoms with E-state index >= 15 is 0 Å². The number of allylic oxidation sites excluding steroid dienone is 1. The van der Waals surface area contributed by atoms with Gasteiger partial charge < -0.3 is 19.9 Å². The molecule has 40 heavy (non-hydrogen) atoms. The number of rotatable bonds is 5. The first-order valence-electron chi connectivity index (χ1n) is 12.7. The number of Topliss-reactive ketones (excluding diaryl/α,β-unsaturated/α-hetero) is 2. The van der Waals surface area contributed by atoms with Crippen LogP contribution in [0.25, 0.3) is 5.57 Å². The number of imide groups is 1. The molecule has 1 spiro atoms. The highest BCUT2D eigenvalue weighted by atomic mass is 32.1. The van der Waals surface area contributed by atoms with Gasteiger partial charge in [0.1, 0.15) is 5.75 Å². The van der Waals surface area contributed by atoms with Gasteiger partial charge in [0.15, 0.2) is 11.3 Å². The van der Waals surface area contributed by atoms with Crippen LogP contribution in [0.2, 0.25) is 0 Å². The van der Waals surface area contributed by atoms with Crippen LogP contribution < -0.4 is 10.1 Å². The fourth-order valence-corrected chi connectivity index (χ4v) is 6.83. The molecule has 0 radical (unpaired) electrons. The van der Waals surface area contributed by atoms with Gasteiger partial charge in [0, 0.05) is 50.0 Å². The number of carbonyl (C=O) groups excluding carboxylic acids is 5. The number of amides is 4. The zero-order valence-corrected chi connectivity index (χ0v) is 23.2. The van der Waals surface area contributed by atoms with Crippen LogP contribution in [0.4, 0.5) is 4.79 Å². The Kier molecular flexibility index (Phi) is 5.81. The molecular formula is C29H26N4O6S. The highest BCUT2D eigenvalue weighted by Crippen LogP contribution is 2.51. The van der Waals surface area contributed by atoms with Crippen molar-refractivity contribution in [1.82, 2.24) is 20.1 Å². The second-order valence-corrected chi connectivity index (χ2v) is 11.1. The zero-order chi connectivity index (χ0) is 28.5. The lowest BCUT2D eigenvalue weighted by Gasteiger charge is -2.42. The average molecular weight is 559 g/mol. The Bertz CT molecular complexity index is 1680. The molecule has 6 rings (SSSR count). The maximum absolute atomic E-state index is 14.4. The van der Waals surface area contributed by atoms with Crippen LogP contribution in [0, 0.1) is 6.92 Å². The predicted molar refractivity (Wildman–Crippen MR) is 147 cm³/mol. The van der Waals surface area contributed by atoms with Crippen molar-refractivity contribution in [1.29, 1.82) is 0 Å². The summed E-state index contributed by atoms with van der Waals surface area (Å²) >= 11 is 1.32. The lowest BCUT2D eigenvalue weighted by atomic mass is 9.65. The number of carbonyl (C=O) groups is 5. The van der Waals surface area contributed by atoms with Crippen LogP contribution in [0.3, 0.4) is 0 Å². The minimum absolute atomic E-state index is 0.00234. The van der Waals surface area contributed by atoms with Gasteiger partial charge in [-0.25, -0.2) is 4.79 Å². The highest BCUT2D eigenvalue weighted by molar-refractivity contribution is 7.12. The van der Waals surface area contributed by atoms with E-state index in [4.69, 9.17) is 4.74 Å². The van der Waals surface area contributed by atoms with Gasteiger partial charge in [0.05, 0.1) is 23.2 Å². The van der Waals surface area contributed by atoms with Crippen molar-refractivity contribution in [3.8, 4) is 5.75 Å². The molecule has 204 valence electrons. The summed E-state index contributed by atoms with van der Waals surface area (Å²) in [6.07, 6.45) is 1.87. The second-order valence-electron chi connectivity index (χ2n) is 10.1. The van der Waals surface area contributed by atoms with E-state index in [0.29, 0.717) is 27.3 Å². The van der Waals surface area contributed by atoms with Crippen molar-refractivity contribution in [2.24, 2.45) is 0 Å². The Labute approximate surface area is 233 Å². The van der Waals surface area contributed by atoms with Crippen LogP contribution >= 0.6 is 11.3 Å². The van der Waals surface area contributed by atoms with E-state index < -0.39 is 29.0 Å². The fraction of sp³-hybridized carbons (Fsp3) is 0.276. The summed E-state index contributed by atoms with van der Waals surface area (Å²) in [4.78, 5) is 73.8. The average Bonchev–Trinajstić information content (AvgIpc) is 3.67. The molecule has 1 aromatic carbocycles. The molecule has 4 amide bonds. The molecule has 1 fully saturated rings. The topological polar surface area (TPSA) is 129 Å². The maximum Gasteiger partial charge on any atom is 0.327 e. The number of ketones is 2. The first-order chi connectivity index (χ1) is 19.1. The number of nitrogens with zero attached hydrogens (tertiary/aromatic N) is 2. The van der Waals surface area contributed by atoms with Crippen LogP contribution in [-0.4, -0.2) is 77.5 Å². The minimum Gasteiger partial charge on any atom is -0.496 e. The van der Waals surface area contributed by atoms with Gasteiger partial charge in [0.25, 0.3) is 11.8 Å². The van der Waals surface area contributed by atoms with E-state index in [2.05, 4.69) is 10.3 Å². The third kappa shape index (κ3) is 3.30. The second kappa shape index (κ2) is 9.02. The van der Waals surface area contributed by atoms with Gasteiger partial charge in [0.2, 0.25) is 5.78 Å². The van der Waals surface area contributed by atoms with Crippen LogP contribution in [0.15, 0.2) is 41.4 Å². The molecule has 1 aliphatic heterocycles. The monoisotopic (exact) mass is 558 g/mol. The van der Waals surface area contributed by atoms with Crippen LogP contribution in [0.5, 0.6) is 5.75 Å². The Morgan fingerprint density at radius 1 is 1.12 bits per heavy atom. The molecule has 3 aliphatic rings. The lowest BCUT2D eigenvalue weighted by Crippen LogP contribution is -2.56. The van der Waals surface area contributed by atoms with E-state index in [9.17, 15) is 24.0 Å². The number of hydrogen-bond acceptors (Lipinski definition) is 7. The summed E-state index contributed by atoms with van der Waals surface area (Å²) in [7, 11) is 4.35. The number of H-pyrrole nitrogens is 1. The summed E-state index contributed by atoms with van der Waals surface area (Å²) in [6.45, 7) is 2.07. The Morgan fingerprint density at radius 2 is 1.90 bits per heavy atom. The van der Waals surface area contributed by atoms with Crippen molar-refractivity contribution >= 4 is 46.3 Å². The zero-order valence-electron chi connectivity index (χ0n) is 22.3. The number of methoxy groups -OCH3 is 1. The minimum atomic E-state index is -1.71. The van der Waals surface area contributed by atoms with E-state index in [-0.39, 0.29) is 47.7 Å². The molecule has 2 aliphatic carbocycles. The largest absolute Gasteiger partial charge is 0.496 e. The molecule has 11 heteroatoms. The maximum atomic E-state index is 14.4. The first-order valence-corrected chi connectivity index (χ1v) is 13.6. The number of fused-ring (bicyclic) bond motifs is 4. The van der Waals surface area contributed by atoms with E-state index in [1.807, 2.05) is 12.3 Å². The number of aromatic amines is 1. The number of aromatic nitrogens is 1. The number of thiophene rings is 1. The van der Waals surface area contributed by atoms with Crippen molar-refractivity contribution in [3.63, 3.8) is 0 Å². The SMILES string of the molecule is COc1ccc(C)c2c1CC1(C(=O)N(C)C(=O)N1C)C1=C2C(=O)c2[nH]cc(CCNC(=O)c3cccs3)c2C1=O. The molecule has 2 aromatic heterocycles. The Hall–Kier alpha value is -4.51. The number of nitrogens with one attached hydrogen (secondary N) is 2. The molecule has 10 nitrogen and oxygen atoms in total. The van der Waals surface area contributed by atoms with Crippen LogP contribution in [-0.2, 0) is 17.6 Å². The quantitative estimate of drug-likeness (QED) is 0.464. The van der Waals surface area contributed by atoms with Gasteiger partial charge in [-0.3, -0.25) is 24.1 Å². The van der Waals surface area contributed by atoms with Crippen LogP contribution in [0.1, 0.15) is 52.8 Å². The molecular weight excluding hydrogens is 532 g/mol. The third-order valence-electron chi connectivity index (χ3n) is 8.14. The number of ether oxygens (including phenoxy) is 1. The molecule has 1 atom stereocenters. The Morgan fingerprint density at radius 3 is 2.55 bits per heavy atom. The Balaban J connectivity index is 1.49. The number of likely N-dealkylation sites (N-methyl/N-ethyl adjacent to an activating group) is 2. The lowest BCUT2D eigenvalue weighted by molar-refractivity contribution is -0.130. The van der Waals surface area contributed by atoms with E-state index in [0.717, 1.165) is 10.5 Å². The van der Waals surface area contributed by atoms with Gasteiger partial charge in [-0.15, -0.1) is 11.3 Å². The smallest absolute Gasteiger partial charge is 0.327 e. The number of urea groups is 1. The third-order valence-corrected chi connectivity index (χ3v) is 9.01. The predicted octanol–water partition coefficient (Wildman–Crippen LogP) is 3.02. The molecule has 2 N–H and O–H groups in total. The summed E-state index contributed by atoms with van der Waals surface area (Å²) in [5, 5.41) is 4.65. The summed E-state index contributed by atoms with van der Waals surface area (Å²) < 4.78 is 5.61. The van der Waals surface area contributed by atoms with Crippen molar-refractivity contribution in [2.45, 2.75) is 25.3 Å². The van der Waals surface area contributed by atoms with E-state index in [1.165, 1.54) is 37.4 Å². The molecule has 1 unspecified atom stereocenters. The molecule has 3 aromatic rings. The normalized spacial score (nSPS) is 19.8. The van der Waals surface area contributed by atoms with Crippen molar-refractivity contribution in [3.05, 3.63) is 79.8 Å². The standard InChI is InChI=1S/C29H26N4O6S/c1-14-7-8-17(39-4)16-12-29(27(37)32(2)28(38)33(29)3)22-21(19(14)16)25(35)23-20(24(22)34)15(13-31-23)9-10-30-26(36)18-6-5-11-40-18/h5-8,11,13,31H,9-10,12H2,1-4H3,(H,30,36). The summed E-state index contributed by atoms with van der Waals surface area (Å²) in [6, 6.07) is 6.51. The number of hydrogen-bond donors (Lipinski definition) is 2. The molecule has 0 saturated carbocycles. The molecule has 3 heterocycles. The van der Waals surface area contributed by atoms with Crippen molar-refractivity contribution in [2.75, 3.05) is 27.7 Å². The summed E-state index contributed by atoms with van der Waals surface area (Å²) in [5.74, 6) is -1.25. The highest BCUT2D eigenvalue weighted by Gasteiger charge is 2.63. The van der Waals surface area contributed by atoms with Crippen molar-refractivity contribution < 1.29 is 28.7 Å². The molecule has 1 saturated heterocycles. The number of benzene rings is 1.